The van der Waals surface area contributed by atoms with E-state index in [9.17, 15) is 4.79 Å². The Morgan fingerprint density at radius 3 is 2.41 bits per heavy atom. The average Bonchev–Trinajstić information content (AvgIpc) is 3.24. The van der Waals surface area contributed by atoms with E-state index in [1.54, 1.807) is 19.3 Å². The topological polar surface area (TPSA) is 140 Å². The molecule has 1 amide bonds. The molecular weight excluding hydrogens is 410 g/mol. The zero-order valence-corrected chi connectivity index (χ0v) is 18.3. The molecule has 0 aromatic carbocycles. The lowest BCUT2D eigenvalue weighted by molar-refractivity contribution is 0.0949. The van der Waals surface area contributed by atoms with E-state index in [4.69, 9.17) is 15.6 Å². The van der Waals surface area contributed by atoms with Gasteiger partial charge in [0.05, 0.1) is 12.3 Å². The molecule has 10 nitrogen and oxygen atoms in total. The van der Waals surface area contributed by atoms with Crippen LogP contribution in [-0.2, 0) is 4.74 Å². The normalized spacial score (nSPS) is 15.4. The summed E-state index contributed by atoms with van der Waals surface area (Å²) in [6.07, 6.45) is 10.4. The maximum absolute atomic E-state index is 11.4. The molecule has 0 atom stereocenters. The highest BCUT2D eigenvalue weighted by atomic mass is 16.5. The predicted molar refractivity (Wildman–Crippen MR) is 123 cm³/mol. The number of anilines is 3. The number of amides is 1. The van der Waals surface area contributed by atoms with Crippen molar-refractivity contribution in [3.8, 4) is 0 Å². The highest BCUT2D eigenvalue weighted by Crippen LogP contribution is 2.20. The van der Waals surface area contributed by atoms with Gasteiger partial charge in [0, 0.05) is 32.5 Å². The molecule has 1 aliphatic carbocycles. The molecule has 0 radical (unpaired) electrons. The highest BCUT2D eigenvalue weighted by molar-refractivity contribution is 5.98. The second-order valence-electron chi connectivity index (χ2n) is 7.53. The Bertz CT molecular complexity index is 974. The van der Waals surface area contributed by atoms with Gasteiger partial charge < -0.3 is 26.2 Å². The third-order valence-corrected chi connectivity index (χ3v) is 5.07. The molecule has 172 valence electrons. The van der Waals surface area contributed by atoms with Crippen LogP contribution < -0.4 is 16.4 Å². The van der Waals surface area contributed by atoms with E-state index in [-0.39, 0.29) is 11.7 Å². The smallest absolute Gasteiger partial charge is 0.254 e. The molecule has 2 fully saturated rings. The van der Waals surface area contributed by atoms with Crippen LogP contribution in [0.25, 0.3) is 5.65 Å². The monoisotopic (exact) mass is 441 g/mol. The Hall–Kier alpha value is -3.24. The molecule has 1 aliphatic heterocycles. The number of carbonyl (C=O) groups is 1. The van der Waals surface area contributed by atoms with E-state index in [1.165, 1.54) is 36.4 Å². The SMILES string of the molecule is C1CCOCC1.CNc1cc(Nc2ccccn2)nc2c(C(N)=O)cnn12.OC1CCC1. The van der Waals surface area contributed by atoms with E-state index < -0.39 is 5.91 Å². The number of nitrogens with one attached hydrogen (secondary N) is 2. The van der Waals surface area contributed by atoms with Crippen LogP contribution in [0, 0.1) is 0 Å². The molecule has 5 rings (SSSR count). The first-order valence-electron chi connectivity index (χ1n) is 10.9. The number of nitrogens with two attached hydrogens (primary N) is 1. The molecule has 0 bridgehead atoms. The van der Waals surface area contributed by atoms with Crippen LogP contribution in [0.15, 0.2) is 36.7 Å². The van der Waals surface area contributed by atoms with Gasteiger partial charge in [-0.1, -0.05) is 6.07 Å². The van der Waals surface area contributed by atoms with Crippen molar-refractivity contribution < 1.29 is 14.6 Å². The van der Waals surface area contributed by atoms with Gasteiger partial charge >= 0.3 is 0 Å². The van der Waals surface area contributed by atoms with Gasteiger partial charge in [-0.25, -0.2) is 9.97 Å². The van der Waals surface area contributed by atoms with Crippen molar-refractivity contribution in [2.45, 2.75) is 44.6 Å². The van der Waals surface area contributed by atoms with Gasteiger partial charge in [0.2, 0.25) is 0 Å². The van der Waals surface area contributed by atoms with Gasteiger partial charge in [0.15, 0.2) is 5.65 Å². The Morgan fingerprint density at radius 1 is 1.19 bits per heavy atom. The van der Waals surface area contributed by atoms with Crippen LogP contribution >= 0.6 is 0 Å². The predicted octanol–water partition coefficient (Wildman–Crippen LogP) is 2.73. The lowest BCUT2D eigenvalue weighted by Crippen LogP contribution is -2.15. The van der Waals surface area contributed by atoms with Crippen LogP contribution in [-0.4, -0.2) is 57.0 Å². The summed E-state index contributed by atoms with van der Waals surface area (Å²) >= 11 is 0. The first kappa shape index (κ1) is 23.4. The van der Waals surface area contributed by atoms with Crippen molar-refractivity contribution in [2.24, 2.45) is 5.73 Å². The fourth-order valence-corrected chi connectivity index (χ4v) is 3.02. The number of hydrogen-bond acceptors (Lipinski definition) is 8. The molecule has 4 heterocycles. The number of hydrogen-bond donors (Lipinski definition) is 4. The molecular formula is C22H31N7O3. The Labute approximate surface area is 187 Å². The third kappa shape index (κ3) is 6.63. The fourth-order valence-electron chi connectivity index (χ4n) is 3.02. The summed E-state index contributed by atoms with van der Waals surface area (Å²) < 4.78 is 6.59. The molecule has 1 saturated heterocycles. The van der Waals surface area contributed by atoms with Crippen LogP contribution in [0.4, 0.5) is 17.5 Å². The summed E-state index contributed by atoms with van der Waals surface area (Å²) in [5.41, 5.74) is 5.98. The lowest BCUT2D eigenvalue weighted by Gasteiger charge is -2.17. The summed E-state index contributed by atoms with van der Waals surface area (Å²) in [4.78, 5) is 20.0. The number of pyridine rings is 1. The number of nitrogens with zero attached hydrogens (tertiary/aromatic N) is 4. The first-order valence-corrected chi connectivity index (χ1v) is 10.9. The Balaban J connectivity index is 0.000000213. The summed E-state index contributed by atoms with van der Waals surface area (Å²) in [5, 5.41) is 18.6. The van der Waals surface area contributed by atoms with E-state index in [0.717, 1.165) is 26.1 Å². The van der Waals surface area contributed by atoms with Crippen molar-refractivity contribution in [2.75, 3.05) is 30.9 Å². The minimum absolute atomic E-state index is 0.0648. The first-order chi connectivity index (χ1) is 15.6. The number of fused-ring (bicyclic) bond motifs is 1. The zero-order valence-electron chi connectivity index (χ0n) is 18.3. The minimum atomic E-state index is -0.575. The van der Waals surface area contributed by atoms with Crippen LogP contribution in [0.3, 0.4) is 0 Å². The summed E-state index contributed by atoms with van der Waals surface area (Å²) in [7, 11) is 1.75. The van der Waals surface area contributed by atoms with E-state index in [2.05, 4.69) is 25.7 Å². The number of rotatable bonds is 4. The van der Waals surface area contributed by atoms with E-state index in [1.807, 2.05) is 18.2 Å². The number of aliphatic hydroxyl groups excluding tert-OH is 1. The van der Waals surface area contributed by atoms with Crippen LogP contribution in [0.1, 0.15) is 48.9 Å². The van der Waals surface area contributed by atoms with Gasteiger partial charge in [-0.2, -0.15) is 9.61 Å². The maximum Gasteiger partial charge on any atom is 0.254 e. The summed E-state index contributed by atoms with van der Waals surface area (Å²) in [6, 6.07) is 7.26. The van der Waals surface area contributed by atoms with Gasteiger partial charge in [-0.05, 0) is 50.7 Å². The second kappa shape index (κ2) is 12.0. The number of ether oxygens (including phenoxy) is 1. The molecule has 0 unspecified atom stereocenters. The van der Waals surface area contributed by atoms with E-state index in [0.29, 0.717) is 23.1 Å². The number of aliphatic hydroxyl groups is 1. The Morgan fingerprint density at radius 2 is 1.94 bits per heavy atom. The Kier molecular flexibility index (Phi) is 8.76. The van der Waals surface area contributed by atoms with Crippen molar-refractivity contribution in [3.63, 3.8) is 0 Å². The van der Waals surface area contributed by atoms with Gasteiger partial charge in [-0.3, -0.25) is 4.79 Å². The molecule has 1 saturated carbocycles. The molecule has 3 aromatic rings. The molecule has 5 N–H and O–H groups in total. The maximum atomic E-state index is 11.4. The van der Waals surface area contributed by atoms with Gasteiger partial charge in [-0.15, -0.1) is 0 Å². The fraction of sp³-hybridized carbons (Fsp3) is 0.455. The van der Waals surface area contributed by atoms with Crippen molar-refractivity contribution in [1.82, 2.24) is 19.6 Å². The number of primary amides is 1. The second-order valence-corrected chi connectivity index (χ2v) is 7.53. The lowest BCUT2D eigenvalue weighted by atomic mass is 9.97. The highest BCUT2D eigenvalue weighted by Gasteiger charge is 2.14. The van der Waals surface area contributed by atoms with E-state index >= 15 is 0 Å². The third-order valence-electron chi connectivity index (χ3n) is 5.07. The van der Waals surface area contributed by atoms with Gasteiger partial charge in [0.25, 0.3) is 5.91 Å². The molecule has 2 aliphatic rings. The van der Waals surface area contributed by atoms with Gasteiger partial charge in [0.1, 0.15) is 23.0 Å². The van der Waals surface area contributed by atoms with Crippen molar-refractivity contribution in [1.29, 1.82) is 0 Å². The zero-order chi connectivity index (χ0) is 22.8. The average molecular weight is 442 g/mol. The van der Waals surface area contributed by atoms with Crippen LogP contribution in [0.5, 0.6) is 0 Å². The number of aromatic nitrogens is 4. The molecule has 10 heteroatoms. The molecule has 32 heavy (non-hydrogen) atoms. The molecule has 3 aromatic heterocycles. The molecule has 0 spiro atoms. The minimum Gasteiger partial charge on any atom is -0.393 e. The van der Waals surface area contributed by atoms with Crippen LogP contribution in [0.2, 0.25) is 0 Å². The largest absolute Gasteiger partial charge is 0.393 e. The number of carbonyl (C=O) groups excluding carboxylic acids is 1. The standard InChI is InChI=1S/C13H13N7O.C5H10O.C4H8O/c1-15-11-6-10(18-9-4-2-3-5-16-9)19-13-8(12(14)21)7-17-20(11)13;1-2-4-6-5-3-1;5-4-2-1-3-4/h2-7,15H,1H3,(H2,14,21)(H,16,18,19);1-5H2;4-5H,1-3H2. The summed E-state index contributed by atoms with van der Waals surface area (Å²) in [5.74, 6) is 1.28. The summed E-state index contributed by atoms with van der Waals surface area (Å²) in [6.45, 7) is 2.00. The van der Waals surface area contributed by atoms with Crippen molar-refractivity contribution >= 4 is 29.0 Å². The van der Waals surface area contributed by atoms with Crippen molar-refractivity contribution in [3.05, 3.63) is 42.2 Å². The quantitative estimate of drug-likeness (QED) is 0.484.